The third-order valence-corrected chi connectivity index (χ3v) is 3.49. The molecule has 0 aliphatic rings. The van der Waals surface area contributed by atoms with Gasteiger partial charge in [0, 0.05) is 11.8 Å². The molecule has 0 saturated carbocycles. The summed E-state index contributed by atoms with van der Waals surface area (Å²) in [5, 5.41) is 15.3. The number of aliphatic hydroxyl groups excluding tert-OH is 1. The number of carbonyl (C=O) groups excluding carboxylic acids is 1. The van der Waals surface area contributed by atoms with E-state index in [1.807, 2.05) is 20.1 Å². The van der Waals surface area contributed by atoms with Gasteiger partial charge in [0.05, 0.1) is 12.1 Å². The van der Waals surface area contributed by atoms with Crippen molar-refractivity contribution >= 4 is 17.8 Å². The molecule has 4 nitrogen and oxygen atoms in total. The summed E-state index contributed by atoms with van der Waals surface area (Å²) in [7, 11) is 0. The van der Waals surface area contributed by atoms with Gasteiger partial charge in [-0.2, -0.15) is 11.8 Å². The Bertz CT molecular complexity index is 214. The molecule has 0 aromatic rings. The van der Waals surface area contributed by atoms with Crippen LogP contribution in [0, 0.1) is 0 Å². The molecule has 0 radical (unpaired) electrons. The standard InChI is InChI=1S/C11H24N2O2S/c1-5-6-11(3,8-14)13-10(15)12-7-9(2)16-4/h9,14H,5-8H2,1-4H3,(H2,12,13,15). The summed E-state index contributed by atoms with van der Waals surface area (Å²) in [6.07, 6.45) is 3.72. The summed E-state index contributed by atoms with van der Waals surface area (Å²) >= 11 is 1.71. The van der Waals surface area contributed by atoms with Gasteiger partial charge in [0.1, 0.15) is 0 Å². The number of rotatable bonds is 7. The van der Waals surface area contributed by atoms with Crippen LogP contribution in [0.1, 0.15) is 33.6 Å². The molecule has 0 rings (SSSR count). The maximum absolute atomic E-state index is 11.6. The number of urea groups is 1. The third kappa shape index (κ3) is 6.23. The first-order valence-corrected chi connectivity index (χ1v) is 6.96. The molecule has 2 unspecified atom stereocenters. The Morgan fingerprint density at radius 1 is 1.56 bits per heavy atom. The molecule has 3 N–H and O–H groups in total. The van der Waals surface area contributed by atoms with Gasteiger partial charge in [-0.3, -0.25) is 0 Å². The first-order chi connectivity index (χ1) is 7.47. The van der Waals surface area contributed by atoms with E-state index in [-0.39, 0.29) is 12.6 Å². The zero-order valence-corrected chi connectivity index (χ0v) is 11.5. The Morgan fingerprint density at radius 2 is 2.19 bits per heavy atom. The Balaban J connectivity index is 4.01. The Labute approximate surface area is 103 Å². The number of aliphatic hydroxyl groups is 1. The van der Waals surface area contributed by atoms with E-state index >= 15 is 0 Å². The molecule has 0 bridgehead atoms. The highest BCUT2D eigenvalue weighted by Crippen LogP contribution is 2.10. The minimum atomic E-state index is -0.512. The molecular formula is C11H24N2O2S. The molecule has 0 aliphatic carbocycles. The molecule has 0 aromatic carbocycles. The lowest BCUT2D eigenvalue weighted by Crippen LogP contribution is -2.53. The summed E-state index contributed by atoms with van der Waals surface area (Å²) in [5.74, 6) is 0. The number of carbonyl (C=O) groups is 1. The SMILES string of the molecule is CCCC(C)(CO)NC(=O)NCC(C)SC. The average molecular weight is 248 g/mol. The van der Waals surface area contributed by atoms with Crippen molar-refractivity contribution in [2.45, 2.75) is 44.4 Å². The zero-order valence-electron chi connectivity index (χ0n) is 10.7. The van der Waals surface area contributed by atoms with Crippen molar-refractivity contribution in [3.63, 3.8) is 0 Å². The fraction of sp³-hybridized carbons (Fsp3) is 0.909. The van der Waals surface area contributed by atoms with Crippen LogP contribution in [-0.2, 0) is 0 Å². The lowest BCUT2D eigenvalue weighted by atomic mass is 9.98. The largest absolute Gasteiger partial charge is 0.394 e. The van der Waals surface area contributed by atoms with Crippen LogP contribution < -0.4 is 10.6 Å². The van der Waals surface area contributed by atoms with Crippen LogP contribution in [-0.4, -0.2) is 41.3 Å². The smallest absolute Gasteiger partial charge is 0.315 e. The fourth-order valence-electron chi connectivity index (χ4n) is 1.37. The van der Waals surface area contributed by atoms with Gasteiger partial charge >= 0.3 is 6.03 Å². The van der Waals surface area contributed by atoms with E-state index < -0.39 is 5.54 Å². The molecule has 0 saturated heterocycles. The van der Waals surface area contributed by atoms with Gasteiger partial charge in [-0.1, -0.05) is 20.3 Å². The predicted octanol–water partition coefficient (Wildman–Crippen LogP) is 1.59. The Kier molecular flexibility index (Phi) is 7.58. The molecule has 96 valence electrons. The lowest BCUT2D eigenvalue weighted by Gasteiger charge is -2.28. The minimum Gasteiger partial charge on any atom is -0.394 e. The average Bonchev–Trinajstić information content (AvgIpc) is 2.26. The summed E-state index contributed by atoms with van der Waals surface area (Å²) in [5.41, 5.74) is -0.512. The quantitative estimate of drug-likeness (QED) is 0.641. The van der Waals surface area contributed by atoms with Crippen LogP contribution in [0.5, 0.6) is 0 Å². The highest BCUT2D eigenvalue weighted by atomic mass is 32.2. The maximum Gasteiger partial charge on any atom is 0.315 e. The Hall–Kier alpha value is -0.420. The molecule has 2 atom stereocenters. The molecule has 0 spiro atoms. The van der Waals surface area contributed by atoms with Crippen molar-refractivity contribution in [1.29, 1.82) is 0 Å². The molecule has 0 fully saturated rings. The third-order valence-electron chi connectivity index (χ3n) is 2.52. The van der Waals surface area contributed by atoms with E-state index in [0.717, 1.165) is 12.8 Å². The van der Waals surface area contributed by atoms with Gasteiger partial charge in [0.2, 0.25) is 0 Å². The molecule has 0 aromatic heterocycles. The van der Waals surface area contributed by atoms with E-state index in [2.05, 4.69) is 17.6 Å². The monoisotopic (exact) mass is 248 g/mol. The van der Waals surface area contributed by atoms with Gasteiger partial charge in [-0.05, 0) is 19.6 Å². The highest BCUT2D eigenvalue weighted by molar-refractivity contribution is 7.99. The van der Waals surface area contributed by atoms with Gasteiger partial charge in [0.15, 0.2) is 0 Å². The summed E-state index contributed by atoms with van der Waals surface area (Å²) in [6.45, 7) is 6.55. The van der Waals surface area contributed by atoms with Crippen LogP contribution in [0.25, 0.3) is 0 Å². The van der Waals surface area contributed by atoms with Gasteiger partial charge in [-0.25, -0.2) is 4.79 Å². The molecule has 2 amide bonds. The van der Waals surface area contributed by atoms with Crippen LogP contribution in [0.3, 0.4) is 0 Å². The first-order valence-electron chi connectivity index (χ1n) is 5.67. The van der Waals surface area contributed by atoms with Crippen LogP contribution >= 0.6 is 11.8 Å². The second-order valence-electron chi connectivity index (χ2n) is 4.35. The molecule has 16 heavy (non-hydrogen) atoms. The number of amides is 2. The van der Waals surface area contributed by atoms with Crippen molar-refractivity contribution in [2.24, 2.45) is 0 Å². The maximum atomic E-state index is 11.6. The van der Waals surface area contributed by atoms with Crippen molar-refractivity contribution in [2.75, 3.05) is 19.4 Å². The van der Waals surface area contributed by atoms with E-state index in [9.17, 15) is 9.90 Å². The molecule has 0 heterocycles. The molecular weight excluding hydrogens is 224 g/mol. The summed E-state index contributed by atoms with van der Waals surface area (Å²) < 4.78 is 0. The second-order valence-corrected chi connectivity index (χ2v) is 5.63. The number of hydrogen-bond donors (Lipinski definition) is 3. The number of thioether (sulfide) groups is 1. The van der Waals surface area contributed by atoms with E-state index in [4.69, 9.17) is 0 Å². The first kappa shape index (κ1) is 15.6. The van der Waals surface area contributed by atoms with E-state index in [0.29, 0.717) is 11.8 Å². The van der Waals surface area contributed by atoms with Crippen molar-refractivity contribution in [1.82, 2.24) is 10.6 Å². The van der Waals surface area contributed by atoms with E-state index in [1.54, 1.807) is 11.8 Å². The van der Waals surface area contributed by atoms with Crippen LogP contribution in [0.15, 0.2) is 0 Å². The predicted molar refractivity (Wildman–Crippen MR) is 69.9 cm³/mol. The highest BCUT2D eigenvalue weighted by Gasteiger charge is 2.24. The Morgan fingerprint density at radius 3 is 2.62 bits per heavy atom. The van der Waals surface area contributed by atoms with Crippen molar-refractivity contribution < 1.29 is 9.90 Å². The summed E-state index contributed by atoms with van der Waals surface area (Å²) in [6, 6.07) is -0.203. The van der Waals surface area contributed by atoms with Crippen LogP contribution in [0.4, 0.5) is 4.79 Å². The number of hydrogen-bond acceptors (Lipinski definition) is 3. The normalized spacial score (nSPS) is 16.3. The van der Waals surface area contributed by atoms with Crippen LogP contribution in [0.2, 0.25) is 0 Å². The lowest BCUT2D eigenvalue weighted by molar-refractivity contribution is 0.163. The minimum absolute atomic E-state index is 0.0354. The molecule has 5 heteroatoms. The van der Waals surface area contributed by atoms with Gasteiger partial charge < -0.3 is 15.7 Å². The van der Waals surface area contributed by atoms with Crippen molar-refractivity contribution in [3.05, 3.63) is 0 Å². The van der Waals surface area contributed by atoms with E-state index in [1.165, 1.54) is 0 Å². The zero-order chi connectivity index (χ0) is 12.6. The fourth-order valence-corrected chi connectivity index (χ4v) is 1.62. The van der Waals surface area contributed by atoms with Gasteiger partial charge in [0.25, 0.3) is 0 Å². The topological polar surface area (TPSA) is 61.4 Å². The molecule has 0 aliphatic heterocycles. The number of nitrogens with one attached hydrogen (secondary N) is 2. The second kappa shape index (κ2) is 7.79. The van der Waals surface area contributed by atoms with Gasteiger partial charge in [-0.15, -0.1) is 0 Å². The summed E-state index contributed by atoms with van der Waals surface area (Å²) in [4.78, 5) is 11.6. The van der Waals surface area contributed by atoms with Crippen molar-refractivity contribution in [3.8, 4) is 0 Å².